The topological polar surface area (TPSA) is 0 Å². The normalized spacial score (nSPS) is 36.6. The smallest absolute Gasteiger partial charge is 0.00327 e. The predicted octanol–water partition coefficient (Wildman–Crippen LogP) is 4.58. The van der Waals surface area contributed by atoms with Gasteiger partial charge in [-0.15, -0.1) is 0 Å². The Labute approximate surface area is 108 Å². The molecule has 18 heavy (non-hydrogen) atoms. The van der Waals surface area contributed by atoms with Crippen LogP contribution in [0.3, 0.4) is 0 Å². The molecule has 4 atom stereocenters. The minimum atomic E-state index is 0.733. The van der Waals surface area contributed by atoms with Crippen LogP contribution in [0.5, 0.6) is 0 Å². The zero-order valence-corrected chi connectivity index (χ0v) is 11.0. The molecule has 1 aromatic rings. The van der Waals surface area contributed by atoms with Crippen molar-refractivity contribution >= 4 is 0 Å². The van der Waals surface area contributed by atoms with E-state index in [4.69, 9.17) is 0 Å². The molecule has 0 unspecified atom stereocenters. The molecule has 0 saturated heterocycles. The van der Waals surface area contributed by atoms with Crippen molar-refractivity contribution in [3.05, 3.63) is 57.7 Å². The molecular formula is C18H18. The highest BCUT2D eigenvalue weighted by molar-refractivity contribution is 5.65. The third kappa shape index (κ3) is 0.858. The van der Waals surface area contributed by atoms with Gasteiger partial charge < -0.3 is 0 Å². The van der Waals surface area contributed by atoms with Crippen LogP contribution in [0.1, 0.15) is 69.9 Å². The van der Waals surface area contributed by atoms with E-state index in [1.165, 1.54) is 12.8 Å². The van der Waals surface area contributed by atoms with Gasteiger partial charge in [-0.05, 0) is 60.1 Å². The molecule has 4 aliphatic carbocycles. The van der Waals surface area contributed by atoms with Gasteiger partial charge in [-0.2, -0.15) is 0 Å². The lowest BCUT2D eigenvalue weighted by atomic mass is 9.80. The number of benzene rings is 1. The molecule has 0 saturated carbocycles. The van der Waals surface area contributed by atoms with Crippen molar-refractivity contribution in [2.75, 3.05) is 0 Å². The van der Waals surface area contributed by atoms with Crippen LogP contribution in [0, 0.1) is 13.8 Å². The fourth-order valence-corrected chi connectivity index (χ4v) is 5.26. The molecule has 0 amide bonds. The first-order valence-corrected chi connectivity index (χ1v) is 7.29. The summed E-state index contributed by atoms with van der Waals surface area (Å²) in [6, 6.07) is 0. The SMILES string of the molecule is Cc1c2c(c(C)c3c1[C@H]1C=C[C@H]3C1)[C@H]1C=C[C@H]2C1. The third-order valence-corrected chi connectivity index (χ3v) is 5.85. The molecule has 0 spiro atoms. The second-order valence-corrected chi connectivity index (χ2v) is 6.57. The van der Waals surface area contributed by atoms with Crippen molar-refractivity contribution in [3.8, 4) is 0 Å². The summed E-state index contributed by atoms with van der Waals surface area (Å²) in [5.74, 6) is 2.93. The van der Waals surface area contributed by atoms with Crippen LogP contribution in [0.25, 0.3) is 0 Å². The zero-order valence-electron chi connectivity index (χ0n) is 11.0. The summed E-state index contributed by atoms with van der Waals surface area (Å²) in [6.07, 6.45) is 12.5. The third-order valence-electron chi connectivity index (χ3n) is 5.85. The molecule has 0 N–H and O–H groups in total. The van der Waals surface area contributed by atoms with E-state index in [2.05, 4.69) is 38.2 Å². The molecule has 5 rings (SSSR count). The number of fused-ring (bicyclic) bond motifs is 10. The highest BCUT2D eigenvalue weighted by atomic mass is 14.5. The summed E-state index contributed by atoms with van der Waals surface area (Å²) in [6.45, 7) is 4.78. The van der Waals surface area contributed by atoms with Gasteiger partial charge in [-0.25, -0.2) is 0 Å². The van der Waals surface area contributed by atoms with E-state index in [1.54, 1.807) is 33.4 Å². The van der Waals surface area contributed by atoms with Gasteiger partial charge in [-0.3, -0.25) is 0 Å². The molecule has 4 bridgehead atoms. The minimum absolute atomic E-state index is 0.733. The van der Waals surface area contributed by atoms with Crippen molar-refractivity contribution in [3.63, 3.8) is 0 Å². The maximum atomic E-state index is 2.45. The monoisotopic (exact) mass is 234 g/mol. The van der Waals surface area contributed by atoms with Gasteiger partial charge in [0.05, 0.1) is 0 Å². The number of rotatable bonds is 0. The Morgan fingerprint density at radius 3 is 1.17 bits per heavy atom. The van der Waals surface area contributed by atoms with Crippen molar-refractivity contribution in [1.82, 2.24) is 0 Å². The van der Waals surface area contributed by atoms with E-state index >= 15 is 0 Å². The van der Waals surface area contributed by atoms with Crippen LogP contribution < -0.4 is 0 Å². The van der Waals surface area contributed by atoms with Crippen LogP contribution in [0.15, 0.2) is 24.3 Å². The molecule has 0 nitrogen and oxygen atoms in total. The summed E-state index contributed by atoms with van der Waals surface area (Å²) in [5, 5.41) is 0. The van der Waals surface area contributed by atoms with Gasteiger partial charge in [0, 0.05) is 23.7 Å². The highest BCUT2D eigenvalue weighted by Crippen LogP contribution is 2.58. The Bertz CT molecular complexity index is 538. The molecule has 4 aliphatic rings. The first-order valence-electron chi connectivity index (χ1n) is 7.29. The Morgan fingerprint density at radius 2 is 0.889 bits per heavy atom. The van der Waals surface area contributed by atoms with Gasteiger partial charge in [0.15, 0.2) is 0 Å². The van der Waals surface area contributed by atoms with Crippen LogP contribution >= 0.6 is 0 Å². The van der Waals surface area contributed by atoms with Gasteiger partial charge in [0.25, 0.3) is 0 Å². The molecular weight excluding hydrogens is 216 g/mol. The minimum Gasteiger partial charge on any atom is -0.0803 e. The molecule has 0 aliphatic heterocycles. The van der Waals surface area contributed by atoms with E-state index in [0.717, 1.165) is 23.7 Å². The van der Waals surface area contributed by atoms with E-state index in [9.17, 15) is 0 Å². The van der Waals surface area contributed by atoms with Crippen LogP contribution in [-0.2, 0) is 0 Å². The van der Waals surface area contributed by atoms with Crippen LogP contribution in [0.4, 0.5) is 0 Å². The molecule has 0 fully saturated rings. The van der Waals surface area contributed by atoms with Crippen LogP contribution in [-0.4, -0.2) is 0 Å². The fraction of sp³-hybridized carbons (Fsp3) is 0.444. The highest BCUT2D eigenvalue weighted by Gasteiger charge is 2.42. The van der Waals surface area contributed by atoms with Crippen LogP contribution in [0.2, 0.25) is 0 Å². The van der Waals surface area contributed by atoms with Gasteiger partial charge >= 0.3 is 0 Å². The molecule has 1 aromatic carbocycles. The molecule has 0 heteroatoms. The van der Waals surface area contributed by atoms with E-state index in [0.29, 0.717) is 0 Å². The Balaban J connectivity index is 1.90. The lowest BCUT2D eigenvalue weighted by Crippen LogP contribution is -2.08. The average Bonchev–Trinajstić information content (AvgIpc) is 3.10. The number of allylic oxidation sites excluding steroid dienone is 4. The molecule has 90 valence electrons. The molecule has 0 radical (unpaired) electrons. The largest absolute Gasteiger partial charge is 0.0803 e. The van der Waals surface area contributed by atoms with Crippen molar-refractivity contribution in [1.29, 1.82) is 0 Å². The quantitative estimate of drug-likeness (QED) is 0.576. The lowest BCUT2D eigenvalue weighted by molar-refractivity contribution is 0.785. The first kappa shape index (κ1) is 9.61. The maximum Gasteiger partial charge on any atom is 0.00327 e. The Hall–Kier alpha value is -1.30. The van der Waals surface area contributed by atoms with Gasteiger partial charge in [0.1, 0.15) is 0 Å². The van der Waals surface area contributed by atoms with E-state index in [1.807, 2.05) is 0 Å². The van der Waals surface area contributed by atoms with E-state index in [-0.39, 0.29) is 0 Å². The van der Waals surface area contributed by atoms with Crippen molar-refractivity contribution in [2.45, 2.75) is 50.4 Å². The Morgan fingerprint density at radius 1 is 0.611 bits per heavy atom. The van der Waals surface area contributed by atoms with Crippen molar-refractivity contribution in [2.24, 2.45) is 0 Å². The zero-order chi connectivity index (χ0) is 12.0. The predicted molar refractivity (Wildman–Crippen MR) is 74.4 cm³/mol. The fourth-order valence-electron chi connectivity index (χ4n) is 5.26. The summed E-state index contributed by atoms with van der Waals surface area (Å²) < 4.78 is 0. The average molecular weight is 234 g/mol. The lowest BCUT2D eigenvalue weighted by Gasteiger charge is -2.25. The van der Waals surface area contributed by atoms with Gasteiger partial charge in [0.2, 0.25) is 0 Å². The van der Waals surface area contributed by atoms with Gasteiger partial charge in [-0.1, -0.05) is 24.3 Å². The molecule has 0 aromatic heterocycles. The summed E-state index contributed by atoms with van der Waals surface area (Å²) >= 11 is 0. The summed E-state index contributed by atoms with van der Waals surface area (Å²) in [4.78, 5) is 0. The van der Waals surface area contributed by atoms with Crippen molar-refractivity contribution < 1.29 is 0 Å². The summed E-state index contributed by atoms with van der Waals surface area (Å²) in [7, 11) is 0. The summed E-state index contributed by atoms with van der Waals surface area (Å²) in [5.41, 5.74) is 10.1. The second kappa shape index (κ2) is 2.82. The van der Waals surface area contributed by atoms with E-state index < -0.39 is 0 Å². The maximum absolute atomic E-state index is 2.45. The molecule has 0 heterocycles. The first-order chi connectivity index (χ1) is 8.75. The Kier molecular flexibility index (Phi) is 1.50. The number of hydrogen-bond donors (Lipinski definition) is 0. The number of hydrogen-bond acceptors (Lipinski definition) is 0. The standard InChI is InChI=1S/C18H18/c1-9-15-11-3-5-13(7-11)17(15)10(2)18-14-6-4-12(8-14)16(9)18/h3-6,11-14H,7-8H2,1-2H3/t11-,12-,13-,14-/m0/s1. The second-order valence-electron chi connectivity index (χ2n) is 6.57.